The Labute approximate surface area is 347 Å². The molecule has 0 unspecified atom stereocenters. The fourth-order valence-electron chi connectivity index (χ4n) is 8.54. The molecule has 2 aromatic rings. The first-order valence-electron chi connectivity index (χ1n) is 20.1. The van der Waals surface area contributed by atoms with Crippen LogP contribution in [-0.4, -0.2) is 119 Å². The van der Waals surface area contributed by atoms with Crippen LogP contribution < -0.4 is 24.2 Å². The van der Waals surface area contributed by atoms with Crippen LogP contribution >= 0.6 is 0 Å². The number of hydrogen-bond donors (Lipinski definition) is 3. The van der Waals surface area contributed by atoms with E-state index in [4.69, 9.17) is 14.2 Å². The van der Waals surface area contributed by atoms with Gasteiger partial charge in [-0.25, -0.2) is 31.4 Å². The number of sulfonamides is 1. The predicted octanol–water partition coefficient (Wildman–Crippen LogP) is 5.22. The smallest absolute Gasteiger partial charge is 0.408 e. The van der Waals surface area contributed by atoms with Gasteiger partial charge in [0.15, 0.2) is 11.5 Å². The largest absolute Gasteiger partial charge is 0.493 e. The normalized spacial score (nSPS) is 28.9. The maximum atomic E-state index is 15.4. The van der Waals surface area contributed by atoms with Gasteiger partial charge in [-0.15, -0.1) is 0 Å². The summed E-state index contributed by atoms with van der Waals surface area (Å²) in [6.45, 7) is 4.64. The Balaban J connectivity index is 1.43. The molecular formula is C41H54F3N5O10S. The Bertz CT molecular complexity index is 2160. The molecule has 19 heteroatoms. The van der Waals surface area contributed by atoms with E-state index in [1.54, 1.807) is 37.3 Å². The van der Waals surface area contributed by atoms with Crippen LogP contribution in [0.15, 0.2) is 36.5 Å². The Kier molecular flexibility index (Phi) is 12.1. The average Bonchev–Trinajstić information content (AvgIpc) is 4.08. The topological polar surface area (TPSA) is 194 Å². The summed E-state index contributed by atoms with van der Waals surface area (Å²) < 4.78 is 88.7. The molecule has 60 heavy (non-hydrogen) atoms. The zero-order valence-electron chi connectivity index (χ0n) is 34.8. The van der Waals surface area contributed by atoms with Gasteiger partial charge in [0.25, 0.3) is 11.8 Å². The monoisotopic (exact) mass is 865 g/mol. The van der Waals surface area contributed by atoms with Crippen molar-refractivity contribution in [3.63, 3.8) is 0 Å². The van der Waals surface area contributed by atoms with Gasteiger partial charge in [-0.1, -0.05) is 26.0 Å². The number of rotatable bonds is 11. The first-order chi connectivity index (χ1) is 28.1. The molecule has 7 atom stereocenters. The number of carbonyl (C=O) groups is 4. The summed E-state index contributed by atoms with van der Waals surface area (Å²) in [5, 5.41) is 14.5. The zero-order valence-corrected chi connectivity index (χ0v) is 35.6. The summed E-state index contributed by atoms with van der Waals surface area (Å²) in [5.41, 5.74) is -4.21. The maximum absolute atomic E-state index is 15.4. The molecule has 1 aromatic carbocycles. The molecule has 6 rings (SSSR count). The predicted molar refractivity (Wildman–Crippen MR) is 213 cm³/mol. The van der Waals surface area contributed by atoms with E-state index in [2.05, 4.69) is 10.3 Å². The van der Waals surface area contributed by atoms with Gasteiger partial charge < -0.3 is 29.5 Å². The van der Waals surface area contributed by atoms with Crippen LogP contribution in [0.5, 0.6) is 17.4 Å². The quantitative estimate of drug-likeness (QED) is 0.251. The Hall–Kier alpha value is -4.81. The van der Waals surface area contributed by atoms with E-state index < -0.39 is 92.3 Å². The van der Waals surface area contributed by atoms with Crippen molar-refractivity contribution in [3.05, 3.63) is 36.5 Å². The first kappa shape index (κ1) is 44.7. The number of methoxy groups -OCH3 is 2. The number of carboxylic acid groups (broad SMARTS) is 1. The molecule has 4 amide bonds. The second-order valence-corrected chi connectivity index (χ2v) is 19.5. The number of ether oxygens (including phenoxy) is 3. The van der Waals surface area contributed by atoms with Crippen LogP contribution in [0.3, 0.4) is 0 Å². The SMILES string of the molecule is COc1cc2ccnc(O[C@@H]3C[C@H]4C(=O)N[C@]5(C(=O)NS(=O)(=O)C6(CF)CC6)C[C@H]5/C=C\CC[C@H](C)C[C@@H](C)[C@H](N(C(=O)O)C(C)(C)C(C)(F)F)C(=O)N4C3)c2cc1OC. The van der Waals surface area contributed by atoms with Crippen molar-refractivity contribution in [1.29, 1.82) is 0 Å². The maximum Gasteiger partial charge on any atom is 0.408 e. The third-order valence-corrected chi connectivity index (χ3v) is 15.0. The van der Waals surface area contributed by atoms with Gasteiger partial charge in [0.2, 0.25) is 27.7 Å². The van der Waals surface area contributed by atoms with Crippen molar-refractivity contribution in [3.8, 4) is 17.4 Å². The van der Waals surface area contributed by atoms with Crippen LogP contribution in [0.25, 0.3) is 10.8 Å². The number of halogens is 3. The van der Waals surface area contributed by atoms with E-state index in [0.717, 1.165) is 18.7 Å². The number of alkyl halides is 3. The molecule has 2 aliphatic heterocycles. The highest BCUT2D eigenvalue weighted by Crippen LogP contribution is 2.48. The lowest BCUT2D eigenvalue weighted by atomic mass is 9.84. The van der Waals surface area contributed by atoms with Crippen LogP contribution in [0.2, 0.25) is 0 Å². The summed E-state index contributed by atoms with van der Waals surface area (Å²) >= 11 is 0. The van der Waals surface area contributed by atoms with E-state index in [1.165, 1.54) is 20.4 Å². The van der Waals surface area contributed by atoms with Crippen LogP contribution in [0.1, 0.15) is 79.6 Å². The highest BCUT2D eigenvalue weighted by atomic mass is 32.2. The van der Waals surface area contributed by atoms with Gasteiger partial charge in [-0.3, -0.25) is 24.0 Å². The van der Waals surface area contributed by atoms with Crippen molar-refractivity contribution < 1.29 is 60.1 Å². The van der Waals surface area contributed by atoms with E-state index in [0.29, 0.717) is 46.9 Å². The Morgan fingerprint density at radius 2 is 1.77 bits per heavy atom. The molecule has 330 valence electrons. The summed E-state index contributed by atoms with van der Waals surface area (Å²) in [7, 11) is -1.55. The average molecular weight is 866 g/mol. The first-order valence-corrected chi connectivity index (χ1v) is 21.5. The number of carbonyl (C=O) groups excluding carboxylic acids is 3. The molecule has 4 aliphatic rings. The van der Waals surface area contributed by atoms with Crippen LogP contribution in [0, 0.1) is 17.8 Å². The summed E-state index contributed by atoms with van der Waals surface area (Å²) in [5.74, 6) is -7.25. The van der Waals surface area contributed by atoms with E-state index in [-0.39, 0.29) is 50.4 Å². The van der Waals surface area contributed by atoms with Crippen molar-refractivity contribution >= 4 is 44.6 Å². The van der Waals surface area contributed by atoms with Gasteiger partial charge >= 0.3 is 6.09 Å². The third kappa shape index (κ3) is 8.17. The number of pyridine rings is 1. The number of amides is 4. The second-order valence-electron chi connectivity index (χ2n) is 17.4. The minimum atomic E-state index is -4.48. The van der Waals surface area contributed by atoms with E-state index in [1.807, 2.05) is 11.6 Å². The molecule has 3 fully saturated rings. The second kappa shape index (κ2) is 16.2. The number of nitrogens with zero attached hydrogens (tertiary/aromatic N) is 3. The molecule has 1 aromatic heterocycles. The van der Waals surface area contributed by atoms with Crippen molar-refractivity contribution in [2.75, 3.05) is 27.4 Å². The molecule has 3 heterocycles. The number of benzene rings is 1. The summed E-state index contributed by atoms with van der Waals surface area (Å²) in [4.78, 5) is 62.9. The number of fused-ring (bicyclic) bond motifs is 3. The molecule has 0 spiro atoms. The summed E-state index contributed by atoms with van der Waals surface area (Å²) in [6.07, 6.45) is 3.31. The Morgan fingerprint density at radius 1 is 1.10 bits per heavy atom. The van der Waals surface area contributed by atoms with Crippen LogP contribution in [0.4, 0.5) is 18.0 Å². The fraction of sp³-hybridized carbons (Fsp3) is 0.634. The standard InChI is InChI=1S/C41H54F3N5O10S/c1-23-10-8-9-11-26-20-41(26,36(52)47-60(55,56)40(22-42)13-14-40)46-33(50)29-18-27(59-34-28-19-31(58-7)30(57-6)17-25(28)12-15-45-34)21-48(29)35(51)32(24(2)16-23)49(37(53)54)38(3,4)39(5,43)44/h9,11-12,15,17,19,23-24,26-27,29,32H,8,10,13-14,16,18,20-22H2,1-7H3,(H,46,50)(H,47,52)(H,53,54)/b11-9-/t23-,24+,26+,27+,29-,32-,41+/m0/s1. The fourth-order valence-corrected chi connectivity index (χ4v) is 9.96. The number of allylic oxidation sites excluding steroid dienone is 1. The molecule has 15 nitrogen and oxygen atoms in total. The molecule has 0 radical (unpaired) electrons. The molecular weight excluding hydrogens is 812 g/mol. The molecule has 0 bridgehead atoms. The lowest BCUT2D eigenvalue weighted by molar-refractivity contribution is -0.156. The number of aromatic nitrogens is 1. The number of hydrogen-bond acceptors (Lipinski definition) is 10. The van der Waals surface area contributed by atoms with Gasteiger partial charge in [-0.05, 0) is 87.8 Å². The number of nitrogens with one attached hydrogen (secondary N) is 2. The van der Waals surface area contributed by atoms with Gasteiger partial charge in [-0.2, -0.15) is 0 Å². The zero-order chi connectivity index (χ0) is 44.2. The van der Waals surface area contributed by atoms with Crippen molar-refractivity contribution in [1.82, 2.24) is 24.8 Å². The highest BCUT2D eigenvalue weighted by molar-refractivity contribution is 7.91. The molecule has 2 aliphatic carbocycles. The Morgan fingerprint density at radius 3 is 2.37 bits per heavy atom. The molecule has 1 saturated heterocycles. The van der Waals surface area contributed by atoms with Crippen molar-refractivity contribution in [2.24, 2.45) is 17.8 Å². The minimum Gasteiger partial charge on any atom is -0.493 e. The molecule has 3 N–H and O–H groups in total. The van der Waals surface area contributed by atoms with Crippen molar-refractivity contribution in [2.45, 2.75) is 119 Å². The lowest BCUT2D eigenvalue weighted by Gasteiger charge is -2.47. The molecule has 2 saturated carbocycles. The third-order valence-electron chi connectivity index (χ3n) is 12.9. The summed E-state index contributed by atoms with van der Waals surface area (Å²) in [6, 6.07) is 1.89. The minimum absolute atomic E-state index is 0.00713. The van der Waals surface area contributed by atoms with Gasteiger partial charge in [0, 0.05) is 30.8 Å². The van der Waals surface area contributed by atoms with E-state index >= 15 is 13.6 Å². The van der Waals surface area contributed by atoms with Crippen LogP contribution in [-0.2, 0) is 24.4 Å². The van der Waals surface area contributed by atoms with Gasteiger partial charge in [0.1, 0.15) is 40.7 Å². The van der Waals surface area contributed by atoms with E-state index in [9.17, 15) is 32.3 Å². The highest BCUT2D eigenvalue weighted by Gasteiger charge is 2.64. The van der Waals surface area contributed by atoms with Gasteiger partial charge in [0.05, 0.1) is 20.8 Å². The lowest BCUT2D eigenvalue weighted by Crippen LogP contribution is -2.66.